The topological polar surface area (TPSA) is 67.2 Å². The van der Waals surface area contributed by atoms with Crippen molar-refractivity contribution < 1.29 is 4.79 Å². The number of nitrogens with zero attached hydrogens (tertiary/aromatic N) is 6. The van der Waals surface area contributed by atoms with Crippen molar-refractivity contribution in [2.75, 3.05) is 26.2 Å². The van der Waals surface area contributed by atoms with Crippen molar-refractivity contribution in [3.63, 3.8) is 0 Å². The fourth-order valence-corrected chi connectivity index (χ4v) is 4.43. The summed E-state index contributed by atoms with van der Waals surface area (Å²) in [6.45, 7) is 2.80. The van der Waals surface area contributed by atoms with Gasteiger partial charge in [-0.15, -0.1) is 9.78 Å². The van der Waals surface area contributed by atoms with Crippen LogP contribution in [0.25, 0.3) is 0 Å². The first-order chi connectivity index (χ1) is 16.3. The molecule has 7 nitrogen and oxygen atoms in total. The summed E-state index contributed by atoms with van der Waals surface area (Å²) in [5.74, 6) is 0.556. The molecule has 0 spiro atoms. The van der Waals surface area contributed by atoms with Crippen molar-refractivity contribution in [1.29, 1.82) is 0 Å². The standard InChI is InChI=1S/C26H26N6O/c33-26(32-24(27-28-29-32)20-21-10-4-1-5-11-21)31-18-16-30(17-19-31)25(22-12-6-2-7-13-22)23-14-8-3-9-15-23/h1-15,25H,16-20H2. The average Bonchev–Trinajstić information content (AvgIpc) is 3.34. The summed E-state index contributed by atoms with van der Waals surface area (Å²) in [5, 5.41) is 11.8. The Morgan fingerprint density at radius 3 is 1.88 bits per heavy atom. The second-order valence-corrected chi connectivity index (χ2v) is 8.20. The highest BCUT2D eigenvalue weighted by atomic mass is 16.2. The third-order valence-corrected chi connectivity index (χ3v) is 6.10. The Morgan fingerprint density at radius 2 is 1.30 bits per heavy atom. The van der Waals surface area contributed by atoms with Gasteiger partial charge in [-0.1, -0.05) is 91.0 Å². The van der Waals surface area contributed by atoms with Crippen molar-refractivity contribution in [2.45, 2.75) is 12.5 Å². The van der Waals surface area contributed by atoms with Crippen LogP contribution in [-0.2, 0) is 6.42 Å². The highest BCUT2D eigenvalue weighted by molar-refractivity contribution is 5.76. The van der Waals surface area contributed by atoms with Crippen molar-refractivity contribution in [3.05, 3.63) is 114 Å². The molecule has 1 aliphatic heterocycles. The maximum atomic E-state index is 13.2. The number of carbonyl (C=O) groups excluding carboxylic acids is 1. The average molecular weight is 439 g/mol. The van der Waals surface area contributed by atoms with E-state index in [0.29, 0.717) is 25.3 Å². The number of piperazine rings is 1. The van der Waals surface area contributed by atoms with Gasteiger partial charge in [-0.25, -0.2) is 4.79 Å². The Balaban J connectivity index is 1.30. The zero-order chi connectivity index (χ0) is 22.5. The van der Waals surface area contributed by atoms with Crippen LogP contribution in [0.1, 0.15) is 28.6 Å². The van der Waals surface area contributed by atoms with E-state index in [1.54, 1.807) is 0 Å². The summed E-state index contributed by atoms with van der Waals surface area (Å²) >= 11 is 0. The van der Waals surface area contributed by atoms with E-state index in [-0.39, 0.29) is 12.1 Å². The van der Waals surface area contributed by atoms with Gasteiger partial charge in [0, 0.05) is 32.6 Å². The molecule has 0 radical (unpaired) electrons. The molecular weight excluding hydrogens is 412 g/mol. The van der Waals surface area contributed by atoms with Gasteiger partial charge in [0.1, 0.15) is 0 Å². The molecular formula is C26H26N6O. The Hall–Kier alpha value is -3.84. The van der Waals surface area contributed by atoms with Gasteiger partial charge in [0.15, 0.2) is 5.82 Å². The number of tetrazole rings is 1. The molecule has 5 rings (SSSR count). The minimum Gasteiger partial charge on any atom is -0.320 e. The maximum Gasteiger partial charge on any atom is 0.347 e. The molecule has 0 aliphatic carbocycles. The van der Waals surface area contributed by atoms with Crippen LogP contribution in [0.15, 0.2) is 91.0 Å². The van der Waals surface area contributed by atoms with Gasteiger partial charge in [-0.3, -0.25) is 4.90 Å². The second kappa shape index (κ2) is 9.75. The summed E-state index contributed by atoms with van der Waals surface area (Å²) in [7, 11) is 0. The van der Waals surface area contributed by atoms with Gasteiger partial charge < -0.3 is 4.90 Å². The highest BCUT2D eigenvalue weighted by Gasteiger charge is 2.29. The fraction of sp³-hybridized carbons (Fsp3) is 0.231. The van der Waals surface area contributed by atoms with Gasteiger partial charge >= 0.3 is 6.03 Å². The lowest BCUT2D eigenvalue weighted by Gasteiger charge is -2.39. The lowest BCUT2D eigenvalue weighted by atomic mass is 9.96. The molecule has 166 valence electrons. The van der Waals surface area contributed by atoms with Gasteiger partial charge in [-0.05, 0) is 27.1 Å². The summed E-state index contributed by atoms with van der Waals surface area (Å²) in [6, 6.07) is 31.0. The first-order valence-corrected chi connectivity index (χ1v) is 11.2. The highest BCUT2D eigenvalue weighted by Crippen LogP contribution is 2.29. The van der Waals surface area contributed by atoms with E-state index in [4.69, 9.17) is 0 Å². The SMILES string of the molecule is O=C(N1CCN(C(c2ccccc2)c2ccccc2)CC1)n1nnnc1Cc1ccccc1. The Kier molecular flexibility index (Phi) is 6.21. The zero-order valence-electron chi connectivity index (χ0n) is 18.4. The molecule has 1 amide bonds. The van der Waals surface area contributed by atoms with Crippen LogP contribution < -0.4 is 0 Å². The predicted octanol–water partition coefficient (Wildman–Crippen LogP) is 3.64. The quantitative estimate of drug-likeness (QED) is 0.445. The van der Waals surface area contributed by atoms with E-state index < -0.39 is 0 Å². The van der Waals surface area contributed by atoms with E-state index in [1.165, 1.54) is 15.8 Å². The number of hydrogen-bond donors (Lipinski definition) is 0. The normalized spacial score (nSPS) is 14.5. The van der Waals surface area contributed by atoms with Crippen LogP contribution >= 0.6 is 0 Å². The molecule has 4 aromatic rings. The first kappa shape index (κ1) is 21.0. The number of amides is 1. The second-order valence-electron chi connectivity index (χ2n) is 8.20. The number of carbonyl (C=O) groups is 1. The van der Waals surface area contributed by atoms with Crippen LogP contribution in [0.4, 0.5) is 4.79 Å². The maximum absolute atomic E-state index is 13.2. The van der Waals surface area contributed by atoms with Gasteiger partial charge in [0.05, 0.1) is 6.04 Å². The molecule has 7 heteroatoms. The molecule has 3 aromatic carbocycles. The van der Waals surface area contributed by atoms with Crippen LogP contribution in [-0.4, -0.2) is 62.2 Å². The minimum absolute atomic E-state index is 0.159. The van der Waals surface area contributed by atoms with E-state index in [1.807, 2.05) is 47.4 Å². The van der Waals surface area contributed by atoms with E-state index in [9.17, 15) is 4.79 Å². The molecule has 2 heterocycles. The lowest BCUT2D eigenvalue weighted by Crippen LogP contribution is -2.51. The summed E-state index contributed by atoms with van der Waals surface area (Å²) in [4.78, 5) is 17.5. The molecule has 1 saturated heterocycles. The van der Waals surface area contributed by atoms with E-state index in [2.05, 4.69) is 69.0 Å². The predicted molar refractivity (Wildman–Crippen MR) is 126 cm³/mol. The van der Waals surface area contributed by atoms with Crippen LogP contribution in [0.2, 0.25) is 0 Å². The van der Waals surface area contributed by atoms with Gasteiger partial charge in [0.25, 0.3) is 0 Å². The lowest BCUT2D eigenvalue weighted by molar-refractivity contribution is 0.119. The Bertz CT molecular complexity index is 1130. The van der Waals surface area contributed by atoms with Crippen molar-refractivity contribution in [2.24, 2.45) is 0 Å². The van der Waals surface area contributed by atoms with Crippen LogP contribution in [0.5, 0.6) is 0 Å². The molecule has 1 aromatic heterocycles. The summed E-state index contributed by atoms with van der Waals surface area (Å²) < 4.78 is 1.34. The minimum atomic E-state index is -0.165. The smallest absolute Gasteiger partial charge is 0.320 e. The third-order valence-electron chi connectivity index (χ3n) is 6.10. The molecule has 0 atom stereocenters. The Labute approximate surface area is 193 Å². The number of benzene rings is 3. The van der Waals surface area contributed by atoms with Crippen molar-refractivity contribution in [1.82, 2.24) is 30.0 Å². The van der Waals surface area contributed by atoms with E-state index in [0.717, 1.165) is 18.7 Å². The largest absolute Gasteiger partial charge is 0.347 e. The zero-order valence-corrected chi connectivity index (χ0v) is 18.4. The van der Waals surface area contributed by atoms with Gasteiger partial charge in [0.2, 0.25) is 0 Å². The van der Waals surface area contributed by atoms with E-state index >= 15 is 0 Å². The number of rotatable bonds is 5. The molecule has 33 heavy (non-hydrogen) atoms. The third kappa shape index (κ3) is 4.68. The van der Waals surface area contributed by atoms with Crippen LogP contribution in [0, 0.1) is 0 Å². The van der Waals surface area contributed by atoms with Crippen LogP contribution in [0.3, 0.4) is 0 Å². The van der Waals surface area contributed by atoms with Gasteiger partial charge in [-0.2, -0.15) is 0 Å². The monoisotopic (exact) mass is 438 g/mol. The number of aromatic nitrogens is 4. The molecule has 0 unspecified atom stereocenters. The Morgan fingerprint density at radius 1 is 0.758 bits per heavy atom. The molecule has 0 N–H and O–H groups in total. The molecule has 1 fully saturated rings. The molecule has 0 bridgehead atoms. The van der Waals surface area contributed by atoms with Crippen molar-refractivity contribution >= 4 is 6.03 Å². The van der Waals surface area contributed by atoms with Crippen molar-refractivity contribution in [3.8, 4) is 0 Å². The molecule has 0 saturated carbocycles. The summed E-state index contributed by atoms with van der Waals surface area (Å²) in [5.41, 5.74) is 3.59. The number of hydrogen-bond acceptors (Lipinski definition) is 5. The first-order valence-electron chi connectivity index (χ1n) is 11.2. The fourth-order valence-electron chi connectivity index (χ4n) is 4.43. The summed E-state index contributed by atoms with van der Waals surface area (Å²) in [6.07, 6.45) is 0.517. The molecule has 1 aliphatic rings.